The molecule has 0 saturated heterocycles. The van der Waals surface area contributed by atoms with Crippen LogP contribution in [0.2, 0.25) is 0 Å². The maximum absolute atomic E-state index is 6.23. The molecule has 0 saturated carbocycles. The van der Waals surface area contributed by atoms with Gasteiger partial charge in [0.05, 0.1) is 0 Å². The molecule has 0 radical (unpaired) electrons. The molecule has 4 heteroatoms. The molecular formula is C19H22ClNO2. The van der Waals surface area contributed by atoms with E-state index in [9.17, 15) is 0 Å². The number of benzene rings is 2. The fourth-order valence-electron chi connectivity index (χ4n) is 3.02. The van der Waals surface area contributed by atoms with Crippen molar-refractivity contribution in [2.75, 3.05) is 7.11 Å². The van der Waals surface area contributed by atoms with E-state index in [-0.39, 0.29) is 12.4 Å². The Morgan fingerprint density at radius 3 is 2.09 bits per heavy atom. The Hall–Kier alpha value is -1.84. The fourth-order valence-corrected chi connectivity index (χ4v) is 3.02. The van der Waals surface area contributed by atoms with Crippen LogP contribution in [0.1, 0.15) is 25.0 Å². The third kappa shape index (κ3) is 3.12. The standard InChI is InChI=1S/C19H21NO2.ClH/c1-18(2)19(21-3,16-12-8-5-9-13-16)22-17(20-18)14-15-10-6-4-7-11-15;/h4-13H,14H2,1-3H3;1H. The Morgan fingerprint density at radius 1 is 0.957 bits per heavy atom. The Balaban J connectivity index is 0.00000192. The lowest BCUT2D eigenvalue weighted by molar-refractivity contribution is -0.204. The first-order valence-electron chi connectivity index (χ1n) is 7.50. The Bertz CT molecular complexity index is 670. The van der Waals surface area contributed by atoms with Crippen molar-refractivity contribution in [2.45, 2.75) is 31.6 Å². The Labute approximate surface area is 143 Å². The molecule has 2 aromatic carbocycles. The minimum absolute atomic E-state index is 0. The molecule has 1 aliphatic rings. The molecule has 0 aliphatic carbocycles. The van der Waals surface area contributed by atoms with Gasteiger partial charge in [-0.05, 0) is 19.4 Å². The van der Waals surface area contributed by atoms with Crippen LogP contribution in [-0.2, 0) is 21.7 Å². The first-order valence-corrected chi connectivity index (χ1v) is 7.50. The SMILES string of the molecule is COC1(c2ccccc2)OC(Cc2ccccc2)=NC1(C)C.Cl. The second-order valence-corrected chi connectivity index (χ2v) is 6.02. The average Bonchev–Trinajstić information content (AvgIpc) is 2.80. The summed E-state index contributed by atoms with van der Waals surface area (Å²) < 4.78 is 12.1. The predicted molar refractivity (Wildman–Crippen MR) is 95.1 cm³/mol. The first-order chi connectivity index (χ1) is 10.6. The van der Waals surface area contributed by atoms with Crippen molar-refractivity contribution < 1.29 is 9.47 Å². The van der Waals surface area contributed by atoms with Crippen molar-refractivity contribution in [3.63, 3.8) is 0 Å². The zero-order chi connectivity index (χ0) is 15.6. The third-order valence-electron chi connectivity index (χ3n) is 4.11. The number of aliphatic imine (C=N–C) groups is 1. The molecule has 3 nitrogen and oxygen atoms in total. The third-order valence-corrected chi connectivity index (χ3v) is 4.11. The van der Waals surface area contributed by atoms with Crippen LogP contribution >= 0.6 is 12.4 Å². The zero-order valence-electron chi connectivity index (χ0n) is 13.7. The molecular weight excluding hydrogens is 310 g/mol. The molecule has 1 atom stereocenters. The summed E-state index contributed by atoms with van der Waals surface area (Å²) in [6.07, 6.45) is 0.669. The van der Waals surface area contributed by atoms with E-state index in [4.69, 9.17) is 14.5 Å². The monoisotopic (exact) mass is 331 g/mol. The van der Waals surface area contributed by atoms with E-state index >= 15 is 0 Å². The molecule has 1 unspecified atom stereocenters. The topological polar surface area (TPSA) is 30.8 Å². The van der Waals surface area contributed by atoms with Crippen molar-refractivity contribution in [2.24, 2.45) is 4.99 Å². The first kappa shape index (κ1) is 17.5. The van der Waals surface area contributed by atoms with Crippen molar-refractivity contribution in [1.82, 2.24) is 0 Å². The minimum atomic E-state index is -0.877. The van der Waals surface area contributed by atoms with Crippen LogP contribution in [0, 0.1) is 0 Å². The number of hydrogen-bond donors (Lipinski definition) is 0. The Kier molecular flexibility index (Phi) is 5.12. The van der Waals surface area contributed by atoms with Gasteiger partial charge in [-0.3, -0.25) is 0 Å². The molecule has 3 rings (SSSR count). The van der Waals surface area contributed by atoms with Gasteiger partial charge in [-0.15, -0.1) is 12.4 Å². The molecule has 1 aliphatic heterocycles. The van der Waals surface area contributed by atoms with E-state index in [0.717, 1.165) is 5.56 Å². The van der Waals surface area contributed by atoms with Gasteiger partial charge in [0, 0.05) is 19.1 Å². The summed E-state index contributed by atoms with van der Waals surface area (Å²) in [5, 5.41) is 0. The second-order valence-electron chi connectivity index (χ2n) is 6.02. The van der Waals surface area contributed by atoms with E-state index < -0.39 is 11.3 Å². The lowest BCUT2D eigenvalue weighted by Gasteiger charge is -2.37. The maximum atomic E-state index is 6.23. The number of rotatable bonds is 4. The van der Waals surface area contributed by atoms with Crippen LogP contribution in [0.25, 0.3) is 0 Å². The molecule has 2 aromatic rings. The highest BCUT2D eigenvalue weighted by molar-refractivity contribution is 5.85. The highest BCUT2D eigenvalue weighted by Crippen LogP contribution is 2.44. The fraction of sp³-hybridized carbons (Fsp3) is 0.316. The van der Waals surface area contributed by atoms with Gasteiger partial charge in [-0.1, -0.05) is 60.7 Å². The summed E-state index contributed by atoms with van der Waals surface area (Å²) in [6, 6.07) is 20.2. The van der Waals surface area contributed by atoms with Crippen molar-refractivity contribution in [3.05, 3.63) is 71.8 Å². The number of hydrogen-bond acceptors (Lipinski definition) is 3. The largest absolute Gasteiger partial charge is 0.442 e. The molecule has 0 amide bonds. The smallest absolute Gasteiger partial charge is 0.263 e. The van der Waals surface area contributed by atoms with Gasteiger partial charge in [-0.2, -0.15) is 0 Å². The quantitative estimate of drug-likeness (QED) is 0.833. The predicted octanol–water partition coefficient (Wildman–Crippen LogP) is 4.36. The molecule has 0 aromatic heterocycles. The summed E-state index contributed by atoms with van der Waals surface area (Å²) in [7, 11) is 1.68. The van der Waals surface area contributed by atoms with Gasteiger partial charge < -0.3 is 9.47 Å². The van der Waals surface area contributed by atoms with E-state index in [2.05, 4.69) is 12.1 Å². The van der Waals surface area contributed by atoms with Crippen molar-refractivity contribution in [3.8, 4) is 0 Å². The lowest BCUT2D eigenvalue weighted by Crippen LogP contribution is -2.46. The van der Waals surface area contributed by atoms with Gasteiger partial charge in [0.25, 0.3) is 5.79 Å². The van der Waals surface area contributed by atoms with Crippen molar-refractivity contribution in [1.29, 1.82) is 0 Å². The van der Waals surface area contributed by atoms with E-state index in [1.54, 1.807) is 7.11 Å². The zero-order valence-corrected chi connectivity index (χ0v) is 14.5. The number of methoxy groups -OCH3 is 1. The summed E-state index contributed by atoms with van der Waals surface area (Å²) in [5.74, 6) is -0.167. The van der Waals surface area contributed by atoms with Gasteiger partial charge in [0.15, 0.2) is 5.90 Å². The highest BCUT2D eigenvalue weighted by Gasteiger charge is 2.54. The summed E-state index contributed by atoms with van der Waals surface area (Å²) in [6.45, 7) is 4.09. The second kappa shape index (κ2) is 6.73. The van der Waals surface area contributed by atoms with Crippen molar-refractivity contribution >= 4 is 18.3 Å². The van der Waals surface area contributed by atoms with Crippen LogP contribution in [0.5, 0.6) is 0 Å². The van der Waals surface area contributed by atoms with Crippen LogP contribution in [0.3, 0.4) is 0 Å². The van der Waals surface area contributed by atoms with Crippen LogP contribution in [0.4, 0.5) is 0 Å². The molecule has 0 fully saturated rings. The average molecular weight is 332 g/mol. The van der Waals surface area contributed by atoms with E-state index in [0.29, 0.717) is 12.3 Å². The van der Waals surface area contributed by atoms with Crippen LogP contribution in [-0.4, -0.2) is 18.5 Å². The van der Waals surface area contributed by atoms with Gasteiger partial charge in [-0.25, -0.2) is 4.99 Å². The van der Waals surface area contributed by atoms with Gasteiger partial charge in [0.2, 0.25) is 0 Å². The van der Waals surface area contributed by atoms with Gasteiger partial charge in [0.1, 0.15) is 5.54 Å². The normalized spacial score (nSPS) is 22.0. The minimum Gasteiger partial charge on any atom is -0.442 e. The number of halogens is 1. The highest BCUT2D eigenvalue weighted by atomic mass is 35.5. The molecule has 0 spiro atoms. The molecule has 122 valence electrons. The molecule has 0 bridgehead atoms. The molecule has 0 N–H and O–H groups in total. The van der Waals surface area contributed by atoms with E-state index in [1.165, 1.54) is 5.56 Å². The Morgan fingerprint density at radius 2 is 1.52 bits per heavy atom. The lowest BCUT2D eigenvalue weighted by atomic mass is 9.88. The summed E-state index contributed by atoms with van der Waals surface area (Å²) in [5.41, 5.74) is 1.67. The number of ether oxygens (including phenoxy) is 2. The summed E-state index contributed by atoms with van der Waals surface area (Å²) >= 11 is 0. The van der Waals surface area contributed by atoms with Gasteiger partial charge >= 0.3 is 0 Å². The molecule has 1 heterocycles. The number of nitrogens with zero attached hydrogens (tertiary/aromatic N) is 1. The van der Waals surface area contributed by atoms with Crippen LogP contribution < -0.4 is 0 Å². The summed E-state index contributed by atoms with van der Waals surface area (Å²) in [4.78, 5) is 4.79. The maximum Gasteiger partial charge on any atom is 0.263 e. The molecule has 23 heavy (non-hydrogen) atoms. The van der Waals surface area contributed by atoms with Crippen LogP contribution in [0.15, 0.2) is 65.7 Å². The van der Waals surface area contributed by atoms with E-state index in [1.807, 2.05) is 62.4 Å².